The van der Waals surface area contributed by atoms with Crippen molar-refractivity contribution < 1.29 is 0 Å². The van der Waals surface area contributed by atoms with Crippen molar-refractivity contribution >= 4 is 21.6 Å². The minimum atomic E-state index is 0.0426. The van der Waals surface area contributed by atoms with Crippen LogP contribution in [0.1, 0.15) is 26.5 Å². The van der Waals surface area contributed by atoms with E-state index in [0.29, 0.717) is 0 Å². The predicted molar refractivity (Wildman–Crippen MR) is 86.6 cm³/mol. The van der Waals surface area contributed by atoms with Gasteiger partial charge >= 0.3 is 0 Å². The SMILES string of the molecule is CC(C)(C)NCc1c(-n2cc(Br)cn2)nc2ccccn12. The Bertz CT molecular complexity index is 766. The number of fused-ring (bicyclic) bond motifs is 1. The van der Waals surface area contributed by atoms with Crippen LogP contribution in [0.2, 0.25) is 0 Å². The van der Waals surface area contributed by atoms with Gasteiger partial charge in [-0.15, -0.1) is 0 Å². The molecule has 3 rings (SSSR count). The second kappa shape index (κ2) is 5.27. The second-order valence-corrected chi connectivity index (χ2v) is 6.93. The van der Waals surface area contributed by atoms with Crippen molar-refractivity contribution in [2.45, 2.75) is 32.9 Å². The van der Waals surface area contributed by atoms with Gasteiger partial charge in [0.1, 0.15) is 5.65 Å². The molecule has 1 N–H and O–H groups in total. The van der Waals surface area contributed by atoms with Gasteiger partial charge in [-0.3, -0.25) is 0 Å². The Morgan fingerprint density at radius 2 is 2.10 bits per heavy atom. The highest BCUT2D eigenvalue weighted by atomic mass is 79.9. The van der Waals surface area contributed by atoms with Crippen molar-refractivity contribution in [3.05, 3.63) is 47.0 Å². The van der Waals surface area contributed by atoms with Gasteiger partial charge in [0.15, 0.2) is 5.82 Å². The van der Waals surface area contributed by atoms with Crippen molar-refractivity contribution in [2.75, 3.05) is 0 Å². The van der Waals surface area contributed by atoms with E-state index in [2.05, 4.69) is 51.5 Å². The molecule has 0 amide bonds. The molecule has 0 unspecified atom stereocenters. The molecule has 0 fully saturated rings. The van der Waals surface area contributed by atoms with Crippen molar-refractivity contribution in [1.82, 2.24) is 24.5 Å². The van der Waals surface area contributed by atoms with Gasteiger partial charge in [0.2, 0.25) is 0 Å². The summed E-state index contributed by atoms with van der Waals surface area (Å²) < 4.78 is 4.84. The summed E-state index contributed by atoms with van der Waals surface area (Å²) in [7, 11) is 0. The van der Waals surface area contributed by atoms with Gasteiger partial charge < -0.3 is 9.72 Å². The Balaban J connectivity index is 2.10. The molecule has 21 heavy (non-hydrogen) atoms. The summed E-state index contributed by atoms with van der Waals surface area (Å²) in [6.45, 7) is 7.18. The number of hydrogen-bond acceptors (Lipinski definition) is 3. The third-order valence-corrected chi connectivity index (χ3v) is 3.57. The number of rotatable bonds is 3. The highest BCUT2D eigenvalue weighted by Gasteiger charge is 2.17. The number of halogens is 1. The lowest BCUT2D eigenvalue weighted by atomic mass is 10.1. The number of hydrogen-bond donors (Lipinski definition) is 1. The van der Waals surface area contributed by atoms with Gasteiger partial charge in [-0.05, 0) is 48.8 Å². The van der Waals surface area contributed by atoms with Crippen molar-refractivity contribution in [2.24, 2.45) is 0 Å². The van der Waals surface area contributed by atoms with Gasteiger partial charge in [-0.25, -0.2) is 9.67 Å². The summed E-state index contributed by atoms with van der Waals surface area (Å²) in [5, 5.41) is 7.87. The predicted octanol–water partition coefficient (Wildman–Crippen LogP) is 3.17. The van der Waals surface area contributed by atoms with Crippen LogP contribution in [0.3, 0.4) is 0 Å². The molecule has 0 atom stereocenters. The van der Waals surface area contributed by atoms with E-state index in [1.807, 2.05) is 30.6 Å². The number of nitrogens with one attached hydrogen (secondary N) is 1. The van der Waals surface area contributed by atoms with Crippen LogP contribution in [-0.4, -0.2) is 24.7 Å². The van der Waals surface area contributed by atoms with Crippen LogP contribution in [0.15, 0.2) is 41.3 Å². The van der Waals surface area contributed by atoms with Crippen LogP contribution < -0.4 is 5.32 Å². The standard InChI is InChI=1S/C15H18BrN5/c1-15(2,3)17-9-12-14(21-10-11(16)8-18-21)19-13-6-4-5-7-20(12)13/h4-8,10,17H,9H2,1-3H3. The Morgan fingerprint density at radius 3 is 2.76 bits per heavy atom. The van der Waals surface area contributed by atoms with E-state index in [1.165, 1.54) is 0 Å². The maximum absolute atomic E-state index is 4.70. The summed E-state index contributed by atoms with van der Waals surface area (Å²) in [6, 6.07) is 6.01. The van der Waals surface area contributed by atoms with E-state index in [0.717, 1.165) is 28.2 Å². The molecule has 0 radical (unpaired) electrons. The molecule has 0 bridgehead atoms. The molecule has 0 aliphatic carbocycles. The molecule has 3 aromatic heterocycles. The Kier molecular flexibility index (Phi) is 3.59. The maximum atomic E-state index is 4.70. The number of aromatic nitrogens is 4. The Labute approximate surface area is 132 Å². The second-order valence-electron chi connectivity index (χ2n) is 6.02. The molecule has 3 aromatic rings. The van der Waals surface area contributed by atoms with Gasteiger partial charge in [0, 0.05) is 24.5 Å². The van der Waals surface area contributed by atoms with E-state index < -0.39 is 0 Å². The summed E-state index contributed by atoms with van der Waals surface area (Å²) in [5.74, 6) is 0.851. The number of nitrogens with zero attached hydrogens (tertiary/aromatic N) is 4. The van der Waals surface area contributed by atoms with Crippen molar-refractivity contribution in [1.29, 1.82) is 0 Å². The number of pyridine rings is 1. The first-order valence-corrected chi connectivity index (χ1v) is 7.65. The minimum absolute atomic E-state index is 0.0426. The molecule has 5 nitrogen and oxygen atoms in total. The quantitative estimate of drug-likeness (QED) is 0.791. The normalized spacial score (nSPS) is 12.2. The number of imidazole rings is 1. The van der Waals surface area contributed by atoms with Crippen LogP contribution in [0.25, 0.3) is 11.5 Å². The Hall–Kier alpha value is -1.66. The van der Waals surface area contributed by atoms with Crippen LogP contribution in [0.4, 0.5) is 0 Å². The van der Waals surface area contributed by atoms with Crippen LogP contribution in [-0.2, 0) is 6.54 Å². The summed E-state index contributed by atoms with van der Waals surface area (Å²) in [6.07, 6.45) is 5.72. The zero-order valence-corrected chi connectivity index (χ0v) is 13.9. The average molecular weight is 348 g/mol. The first kappa shape index (κ1) is 14.3. The molecule has 6 heteroatoms. The van der Waals surface area contributed by atoms with Crippen LogP contribution >= 0.6 is 15.9 Å². The molecular weight excluding hydrogens is 330 g/mol. The topological polar surface area (TPSA) is 47.2 Å². The lowest BCUT2D eigenvalue weighted by Crippen LogP contribution is -2.35. The minimum Gasteiger partial charge on any atom is -0.306 e. The third kappa shape index (κ3) is 3.01. The fraction of sp³-hybridized carbons (Fsp3) is 0.333. The first-order chi connectivity index (χ1) is 9.94. The van der Waals surface area contributed by atoms with E-state index in [1.54, 1.807) is 10.9 Å². The molecule has 0 aromatic carbocycles. The van der Waals surface area contributed by atoms with E-state index in [-0.39, 0.29) is 5.54 Å². The van der Waals surface area contributed by atoms with Gasteiger partial charge in [-0.1, -0.05) is 6.07 Å². The molecule has 0 aliphatic heterocycles. The fourth-order valence-electron chi connectivity index (χ4n) is 2.15. The smallest absolute Gasteiger partial charge is 0.176 e. The Morgan fingerprint density at radius 1 is 1.29 bits per heavy atom. The molecule has 0 saturated carbocycles. The van der Waals surface area contributed by atoms with Crippen molar-refractivity contribution in [3.8, 4) is 5.82 Å². The third-order valence-electron chi connectivity index (χ3n) is 3.16. The maximum Gasteiger partial charge on any atom is 0.176 e. The van der Waals surface area contributed by atoms with Crippen LogP contribution in [0.5, 0.6) is 0 Å². The largest absolute Gasteiger partial charge is 0.306 e. The monoisotopic (exact) mass is 347 g/mol. The van der Waals surface area contributed by atoms with Gasteiger partial charge in [0.25, 0.3) is 0 Å². The summed E-state index contributed by atoms with van der Waals surface area (Å²) in [5.41, 5.74) is 2.06. The first-order valence-electron chi connectivity index (χ1n) is 6.85. The molecule has 110 valence electrons. The van der Waals surface area contributed by atoms with Crippen LogP contribution in [0, 0.1) is 0 Å². The molecule has 0 saturated heterocycles. The zero-order valence-electron chi connectivity index (χ0n) is 12.3. The fourth-order valence-corrected chi connectivity index (χ4v) is 2.43. The molecular formula is C15H18BrN5. The van der Waals surface area contributed by atoms with Gasteiger partial charge in [0.05, 0.1) is 16.4 Å². The zero-order chi connectivity index (χ0) is 15.0. The van der Waals surface area contributed by atoms with E-state index in [4.69, 9.17) is 4.98 Å². The van der Waals surface area contributed by atoms with E-state index >= 15 is 0 Å². The highest BCUT2D eigenvalue weighted by molar-refractivity contribution is 9.10. The molecule has 3 heterocycles. The highest BCUT2D eigenvalue weighted by Crippen LogP contribution is 2.19. The summed E-state index contributed by atoms with van der Waals surface area (Å²) in [4.78, 5) is 4.70. The van der Waals surface area contributed by atoms with Gasteiger partial charge in [-0.2, -0.15) is 5.10 Å². The average Bonchev–Trinajstić information content (AvgIpc) is 2.99. The lowest BCUT2D eigenvalue weighted by molar-refractivity contribution is 0.420. The molecule has 0 aliphatic rings. The van der Waals surface area contributed by atoms with E-state index in [9.17, 15) is 0 Å². The summed E-state index contributed by atoms with van der Waals surface area (Å²) >= 11 is 3.44. The van der Waals surface area contributed by atoms with Crippen molar-refractivity contribution in [3.63, 3.8) is 0 Å². The lowest BCUT2D eigenvalue weighted by Gasteiger charge is -2.20. The molecule has 0 spiro atoms.